The summed E-state index contributed by atoms with van der Waals surface area (Å²) in [5, 5.41) is 1.57. The van der Waals surface area contributed by atoms with Gasteiger partial charge in [0.25, 0.3) is 6.71 Å². The summed E-state index contributed by atoms with van der Waals surface area (Å²) in [6.45, 7) is 22.8. The van der Waals surface area contributed by atoms with E-state index in [-0.39, 0.29) is 34.0 Å². The maximum atomic E-state index is 2.99. The zero-order valence-corrected chi connectivity index (χ0v) is 46.8. The first-order chi connectivity index (χ1) is 36.0. The zero-order valence-electron chi connectivity index (χ0n) is 45.8. The van der Waals surface area contributed by atoms with Crippen LogP contribution < -0.4 is 36.3 Å². The van der Waals surface area contributed by atoms with E-state index in [1.54, 1.807) is 10.8 Å². The Kier molecular flexibility index (Phi) is 10.2. The summed E-state index contributed by atoms with van der Waals surface area (Å²) < 4.78 is 0. The summed E-state index contributed by atoms with van der Waals surface area (Å²) in [5.74, 6) is 0. The van der Waals surface area contributed by atoms with Crippen LogP contribution in [0.15, 0.2) is 176 Å². The van der Waals surface area contributed by atoms with Gasteiger partial charge in [-0.1, -0.05) is 218 Å². The standard InChI is InChI=1S/C70H72BN3Si/c1-66(2,3)52-33-35-60-56(42-52)67(4)36-19-20-37-68(67,5)73(60)54-43-62-64-63(44-54)74-65-57(70(51-29-17-12-18-30-51)39-22-21-38-69(70,74)6)45-55(75(7,8)9)46-59(65)71(64)58-34-32-50(48-26-15-11-16-27-48)41-61(58)72(62)53-31-23-28-49(40-53)47-24-13-10-14-25-47/h10-18,23-35,40-46H,19-22,36-39H2,1-9H3. The van der Waals surface area contributed by atoms with Crippen LogP contribution in [0.4, 0.5) is 39.8 Å². The molecule has 3 nitrogen and oxygen atoms in total. The van der Waals surface area contributed by atoms with Gasteiger partial charge in [0.05, 0.1) is 19.2 Å². The molecule has 0 bridgehead atoms. The Bertz CT molecular complexity index is 3610. The van der Waals surface area contributed by atoms with E-state index >= 15 is 0 Å². The molecule has 75 heavy (non-hydrogen) atoms. The van der Waals surface area contributed by atoms with Crippen LogP contribution >= 0.6 is 0 Å². The van der Waals surface area contributed by atoms with E-state index < -0.39 is 8.07 Å². The van der Waals surface area contributed by atoms with E-state index in [4.69, 9.17) is 0 Å². The van der Waals surface area contributed by atoms with Gasteiger partial charge in [0.1, 0.15) is 0 Å². The summed E-state index contributed by atoms with van der Waals surface area (Å²) in [7, 11) is -1.86. The number of fused-ring (bicyclic) bond motifs is 10. The molecule has 0 spiro atoms. The van der Waals surface area contributed by atoms with E-state index in [1.807, 2.05) is 0 Å². The first-order valence-corrected chi connectivity index (χ1v) is 31.9. The second kappa shape index (κ2) is 16.2. The first-order valence-electron chi connectivity index (χ1n) is 28.4. The number of anilines is 7. The minimum atomic E-state index is -1.86. The van der Waals surface area contributed by atoms with Crippen LogP contribution in [0.1, 0.15) is 115 Å². The lowest BCUT2D eigenvalue weighted by molar-refractivity contribution is 0.194. The van der Waals surface area contributed by atoms with Crippen LogP contribution in [-0.2, 0) is 16.2 Å². The van der Waals surface area contributed by atoms with Crippen molar-refractivity contribution in [3.05, 3.63) is 198 Å². The number of nitrogens with zero attached hydrogens (tertiary/aromatic N) is 3. The zero-order chi connectivity index (χ0) is 51.4. The van der Waals surface area contributed by atoms with Gasteiger partial charge in [-0.25, -0.2) is 0 Å². The van der Waals surface area contributed by atoms with Gasteiger partial charge in [-0.15, -0.1) is 0 Å². The van der Waals surface area contributed by atoms with Gasteiger partial charge in [0, 0.05) is 50.6 Å². The van der Waals surface area contributed by atoms with Crippen LogP contribution in [0.5, 0.6) is 0 Å². The highest BCUT2D eigenvalue weighted by atomic mass is 28.3. The average Bonchev–Trinajstić information content (AvgIpc) is 3.84. The highest BCUT2D eigenvalue weighted by Crippen LogP contribution is 2.66. The Morgan fingerprint density at radius 3 is 1.79 bits per heavy atom. The molecule has 374 valence electrons. The molecule has 0 saturated heterocycles. The Hall–Kier alpha value is -6.56. The van der Waals surface area contributed by atoms with Crippen molar-refractivity contribution < 1.29 is 0 Å². The highest BCUT2D eigenvalue weighted by Gasteiger charge is 2.65. The number of hydrogen-bond acceptors (Lipinski definition) is 3. The molecule has 4 heterocycles. The molecule has 2 saturated carbocycles. The Balaban J connectivity index is 1.13. The number of rotatable bonds is 6. The smallest absolute Gasteiger partial charge is 0.252 e. The molecule has 14 rings (SSSR count). The van der Waals surface area contributed by atoms with Gasteiger partial charge < -0.3 is 14.7 Å². The molecular formula is C70H72BN3Si. The SMILES string of the molecule is CC(C)(C)c1ccc2c(c1)C1(C)CCCCC1(C)N2c1cc2c3c(c1)N1c4c(cc([Si](C)(C)C)cc4C4(c5ccccc5)CCCCC14C)B3c1ccc(-c3ccccc3)cc1N2c1cccc(-c2ccccc2)c1. The van der Waals surface area contributed by atoms with Crippen LogP contribution in [0, 0.1) is 0 Å². The van der Waals surface area contributed by atoms with Crippen LogP contribution in [0.25, 0.3) is 22.3 Å². The fraction of sp³-hybridized carbons (Fsp3) is 0.314. The quantitative estimate of drug-likeness (QED) is 0.154. The minimum Gasteiger partial charge on any atom is -0.335 e. The lowest BCUT2D eigenvalue weighted by Crippen LogP contribution is -2.65. The van der Waals surface area contributed by atoms with Crippen molar-refractivity contribution in [1.29, 1.82) is 0 Å². The van der Waals surface area contributed by atoms with Crippen molar-refractivity contribution in [2.75, 3.05) is 14.7 Å². The third-order valence-electron chi connectivity index (χ3n) is 20.2. The molecule has 2 aliphatic carbocycles. The van der Waals surface area contributed by atoms with Gasteiger partial charge in [0.2, 0.25) is 0 Å². The van der Waals surface area contributed by atoms with Crippen molar-refractivity contribution in [2.24, 2.45) is 0 Å². The lowest BCUT2D eigenvalue weighted by atomic mass is 9.33. The third kappa shape index (κ3) is 6.46. The molecular weight excluding hydrogens is 922 g/mol. The summed E-state index contributed by atoms with van der Waals surface area (Å²) in [5.41, 5.74) is 24.1. The van der Waals surface area contributed by atoms with Crippen molar-refractivity contribution in [3.63, 3.8) is 0 Å². The molecule has 4 atom stereocenters. The van der Waals surface area contributed by atoms with Crippen LogP contribution in [-0.4, -0.2) is 25.9 Å². The molecule has 0 aromatic heterocycles. The lowest BCUT2D eigenvalue weighted by Gasteiger charge is -2.54. The van der Waals surface area contributed by atoms with Gasteiger partial charge in [-0.05, 0) is 142 Å². The largest absolute Gasteiger partial charge is 0.335 e. The topological polar surface area (TPSA) is 9.72 Å². The fourth-order valence-electron chi connectivity index (χ4n) is 16.1. The monoisotopic (exact) mass is 994 g/mol. The summed E-state index contributed by atoms with van der Waals surface area (Å²) >= 11 is 0. The molecule has 0 radical (unpaired) electrons. The maximum Gasteiger partial charge on any atom is 0.252 e. The van der Waals surface area contributed by atoms with E-state index in [0.717, 1.165) is 19.3 Å². The van der Waals surface area contributed by atoms with Crippen LogP contribution in [0.2, 0.25) is 19.6 Å². The second-order valence-corrected chi connectivity index (χ2v) is 31.2. The molecule has 8 aromatic rings. The molecule has 2 fully saturated rings. The van der Waals surface area contributed by atoms with Gasteiger partial charge in [0.15, 0.2) is 0 Å². The molecule has 0 N–H and O–H groups in total. The van der Waals surface area contributed by atoms with Crippen molar-refractivity contribution in [2.45, 2.75) is 140 Å². The Morgan fingerprint density at radius 2 is 1.09 bits per heavy atom. The van der Waals surface area contributed by atoms with E-state index in [2.05, 4.69) is 252 Å². The second-order valence-electron chi connectivity index (χ2n) is 26.2. The number of benzene rings is 8. The Labute approximate surface area is 448 Å². The van der Waals surface area contributed by atoms with E-state index in [0.29, 0.717) is 0 Å². The van der Waals surface area contributed by atoms with E-state index in [1.165, 1.54) is 127 Å². The molecule has 4 unspecified atom stereocenters. The maximum absolute atomic E-state index is 2.99. The van der Waals surface area contributed by atoms with Gasteiger partial charge in [-0.3, -0.25) is 0 Å². The van der Waals surface area contributed by atoms with E-state index in [9.17, 15) is 0 Å². The molecule has 5 heteroatoms. The van der Waals surface area contributed by atoms with Gasteiger partial charge >= 0.3 is 0 Å². The summed E-state index contributed by atoms with van der Waals surface area (Å²) in [6.07, 6.45) is 9.53. The molecule has 4 aliphatic heterocycles. The van der Waals surface area contributed by atoms with Crippen molar-refractivity contribution in [3.8, 4) is 22.3 Å². The van der Waals surface area contributed by atoms with Gasteiger partial charge in [-0.2, -0.15) is 0 Å². The molecule has 6 aliphatic rings. The predicted octanol–water partition coefficient (Wildman–Crippen LogP) is 16.0. The highest BCUT2D eigenvalue weighted by molar-refractivity contribution is 7.01. The fourth-order valence-corrected chi connectivity index (χ4v) is 17.2. The Morgan fingerprint density at radius 1 is 0.467 bits per heavy atom. The summed E-state index contributed by atoms with van der Waals surface area (Å²) in [6, 6.07) is 69.2. The molecule has 0 amide bonds. The van der Waals surface area contributed by atoms with Crippen LogP contribution in [0.3, 0.4) is 0 Å². The number of hydrogen-bond donors (Lipinski definition) is 0. The first kappa shape index (κ1) is 46.9. The normalized spacial score (nSPS) is 24.0. The van der Waals surface area contributed by atoms with Crippen molar-refractivity contribution >= 4 is 76.2 Å². The summed E-state index contributed by atoms with van der Waals surface area (Å²) in [4.78, 5) is 8.57. The third-order valence-corrected chi connectivity index (χ3v) is 22.2. The van der Waals surface area contributed by atoms with Crippen molar-refractivity contribution in [1.82, 2.24) is 0 Å². The predicted molar refractivity (Wildman–Crippen MR) is 324 cm³/mol. The average molecular weight is 994 g/mol. The molecule has 8 aromatic carbocycles. The minimum absolute atomic E-state index is 0.0170.